The topological polar surface area (TPSA) is 83.9 Å². The average molecular weight is 474 g/mol. The van der Waals surface area contributed by atoms with Gasteiger partial charge < -0.3 is 9.84 Å². The molecule has 1 aliphatic rings. The Morgan fingerprint density at radius 1 is 1.00 bits per heavy atom. The number of Topliss-reactive ketones (excluding diaryl/α,β-unsaturated/α-hetero) is 1. The third kappa shape index (κ3) is 4.57. The number of aliphatic hydroxyl groups is 1. The van der Waals surface area contributed by atoms with Gasteiger partial charge in [0, 0.05) is 11.3 Å². The van der Waals surface area contributed by atoms with Gasteiger partial charge in [-0.05, 0) is 66.9 Å². The molecule has 4 rings (SSSR count). The van der Waals surface area contributed by atoms with Gasteiger partial charge in [-0.25, -0.2) is 9.18 Å². The molecule has 0 bridgehead atoms. The summed E-state index contributed by atoms with van der Waals surface area (Å²) >= 11 is 0. The highest BCUT2D eigenvalue weighted by atomic mass is 19.1. The summed E-state index contributed by atoms with van der Waals surface area (Å²) in [5.41, 5.74) is 1.73. The molecular weight excluding hydrogens is 449 g/mol. The Balaban J connectivity index is 1.82. The molecule has 1 N–H and O–H groups in total. The number of amides is 1. The number of hydrogen-bond acceptors (Lipinski definition) is 5. The van der Waals surface area contributed by atoms with E-state index in [-0.39, 0.29) is 16.9 Å². The number of hydrogen-bond donors (Lipinski definition) is 1. The lowest BCUT2D eigenvalue weighted by molar-refractivity contribution is -0.132. The fourth-order valence-electron chi connectivity index (χ4n) is 4.03. The van der Waals surface area contributed by atoms with Gasteiger partial charge in [-0.15, -0.1) is 0 Å². The summed E-state index contributed by atoms with van der Waals surface area (Å²) in [7, 11) is 0. The Kier molecular flexibility index (Phi) is 6.78. The van der Waals surface area contributed by atoms with Crippen LogP contribution in [0, 0.1) is 12.7 Å². The zero-order chi connectivity index (χ0) is 25.1. The molecule has 1 aliphatic heterocycles. The fraction of sp³-hybridized carbons (Fsp3) is 0.179. The first kappa shape index (κ1) is 23.9. The van der Waals surface area contributed by atoms with Crippen LogP contribution in [0.2, 0.25) is 0 Å². The summed E-state index contributed by atoms with van der Waals surface area (Å²) in [5.74, 6) is -2.99. The van der Waals surface area contributed by atoms with Gasteiger partial charge in [-0.2, -0.15) is 0 Å². The molecule has 0 spiro atoms. The molecule has 0 aliphatic carbocycles. The largest absolute Gasteiger partial charge is 0.507 e. The van der Waals surface area contributed by atoms with Crippen molar-refractivity contribution in [2.75, 3.05) is 11.5 Å². The zero-order valence-corrected chi connectivity index (χ0v) is 19.3. The summed E-state index contributed by atoms with van der Waals surface area (Å²) in [5, 5.41) is 11.1. The minimum atomic E-state index is -0.917. The molecule has 1 fully saturated rings. The number of esters is 1. The maximum Gasteiger partial charge on any atom is 0.338 e. The van der Waals surface area contributed by atoms with Gasteiger partial charge in [-0.3, -0.25) is 14.5 Å². The van der Waals surface area contributed by atoms with Crippen molar-refractivity contribution in [3.63, 3.8) is 0 Å². The Hall–Kier alpha value is -4.26. The van der Waals surface area contributed by atoms with E-state index in [1.807, 2.05) is 6.92 Å². The second-order valence-corrected chi connectivity index (χ2v) is 8.23. The molecule has 0 saturated carbocycles. The molecule has 1 heterocycles. The van der Waals surface area contributed by atoms with E-state index in [0.717, 1.165) is 0 Å². The molecule has 3 aromatic carbocycles. The van der Waals surface area contributed by atoms with Gasteiger partial charge in [0.05, 0.1) is 23.8 Å². The van der Waals surface area contributed by atoms with Crippen LogP contribution >= 0.6 is 0 Å². The van der Waals surface area contributed by atoms with Crippen molar-refractivity contribution in [2.24, 2.45) is 0 Å². The average Bonchev–Trinajstić information content (AvgIpc) is 3.14. The number of ether oxygens (including phenoxy) is 1. The molecule has 7 heteroatoms. The van der Waals surface area contributed by atoms with E-state index in [0.29, 0.717) is 35.4 Å². The number of nitrogens with zero attached hydrogens (tertiary/aromatic N) is 1. The molecule has 0 radical (unpaired) electrons. The van der Waals surface area contributed by atoms with Gasteiger partial charge >= 0.3 is 5.97 Å². The smallest absolute Gasteiger partial charge is 0.338 e. The monoisotopic (exact) mass is 473 g/mol. The molecule has 1 atom stereocenters. The molecule has 35 heavy (non-hydrogen) atoms. The van der Waals surface area contributed by atoms with Crippen LogP contribution in [0.1, 0.15) is 46.4 Å². The number of carbonyl (C=O) groups is 3. The highest BCUT2D eigenvalue weighted by Gasteiger charge is 2.47. The van der Waals surface area contributed by atoms with E-state index in [2.05, 4.69) is 0 Å². The maximum atomic E-state index is 13.8. The third-order valence-electron chi connectivity index (χ3n) is 5.81. The summed E-state index contributed by atoms with van der Waals surface area (Å²) < 4.78 is 18.9. The Labute approximate surface area is 202 Å². The number of benzene rings is 3. The fourth-order valence-corrected chi connectivity index (χ4v) is 4.03. The van der Waals surface area contributed by atoms with Crippen LogP contribution in [-0.2, 0) is 14.3 Å². The van der Waals surface area contributed by atoms with Crippen molar-refractivity contribution in [2.45, 2.75) is 26.3 Å². The minimum absolute atomic E-state index is 0.0985. The predicted molar refractivity (Wildman–Crippen MR) is 129 cm³/mol. The van der Waals surface area contributed by atoms with E-state index in [1.165, 1.54) is 35.2 Å². The quantitative estimate of drug-likeness (QED) is 0.227. The second-order valence-electron chi connectivity index (χ2n) is 8.23. The van der Waals surface area contributed by atoms with E-state index >= 15 is 0 Å². The molecule has 1 amide bonds. The number of rotatable bonds is 6. The third-order valence-corrected chi connectivity index (χ3v) is 5.81. The van der Waals surface area contributed by atoms with Crippen LogP contribution in [0.15, 0.2) is 78.4 Å². The normalized spacial score (nSPS) is 17.0. The van der Waals surface area contributed by atoms with E-state index in [1.54, 1.807) is 49.4 Å². The predicted octanol–water partition coefficient (Wildman–Crippen LogP) is 5.33. The number of halogens is 1. The van der Waals surface area contributed by atoms with Crippen LogP contribution in [0.3, 0.4) is 0 Å². The first-order chi connectivity index (χ1) is 16.8. The lowest BCUT2D eigenvalue weighted by Crippen LogP contribution is -2.29. The van der Waals surface area contributed by atoms with Crippen molar-refractivity contribution >= 4 is 29.1 Å². The van der Waals surface area contributed by atoms with Gasteiger partial charge in [0.25, 0.3) is 11.7 Å². The first-order valence-electron chi connectivity index (χ1n) is 11.2. The molecule has 0 aromatic heterocycles. The zero-order valence-electron chi connectivity index (χ0n) is 19.3. The van der Waals surface area contributed by atoms with Crippen LogP contribution in [0.25, 0.3) is 5.76 Å². The number of aryl methyl sites for hydroxylation is 1. The van der Waals surface area contributed by atoms with Crippen LogP contribution < -0.4 is 4.90 Å². The Bertz CT molecular complexity index is 1310. The molecule has 6 nitrogen and oxygen atoms in total. The molecule has 3 aromatic rings. The van der Waals surface area contributed by atoms with Crippen molar-refractivity contribution in [1.29, 1.82) is 0 Å². The van der Waals surface area contributed by atoms with Gasteiger partial charge in [0.1, 0.15) is 11.6 Å². The van der Waals surface area contributed by atoms with Crippen molar-refractivity contribution in [3.8, 4) is 0 Å². The summed E-state index contributed by atoms with van der Waals surface area (Å²) in [6.45, 7) is 3.74. The summed E-state index contributed by atoms with van der Waals surface area (Å²) in [4.78, 5) is 39.8. The van der Waals surface area contributed by atoms with E-state index in [4.69, 9.17) is 4.74 Å². The lowest BCUT2D eigenvalue weighted by atomic mass is 9.94. The van der Waals surface area contributed by atoms with Gasteiger partial charge in [0.2, 0.25) is 0 Å². The van der Waals surface area contributed by atoms with Gasteiger partial charge in [-0.1, -0.05) is 37.3 Å². The van der Waals surface area contributed by atoms with Gasteiger partial charge in [0.15, 0.2) is 0 Å². The Morgan fingerprint density at radius 3 is 2.29 bits per heavy atom. The summed E-state index contributed by atoms with van der Waals surface area (Å²) in [6, 6.07) is 18.1. The highest BCUT2D eigenvalue weighted by molar-refractivity contribution is 6.51. The van der Waals surface area contributed by atoms with E-state index < -0.39 is 29.5 Å². The number of ketones is 1. The molecule has 1 saturated heterocycles. The van der Waals surface area contributed by atoms with Crippen LogP contribution in [0.5, 0.6) is 0 Å². The minimum Gasteiger partial charge on any atom is -0.507 e. The van der Waals surface area contributed by atoms with Crippen molar-refractivity contribution in [3.05, 3.63) is 106 Å². The number of carbonyl (C=O) groups excluding carboxylic acids is 3. The summed E-state index contributed by atoms with van der Waals surface area (Å²) in [6.07, 6.45) is 0.694. The SMILES string of the molecule is CCCOC(=O)c1ccc(N2C(=O)C(=O)/C(=C(\O)c3ccc(F)c(C)c3)C2c2ccccc2)cc1. The van der Waals surface area contributed by atoms with Crippen molar-refractivity contribution < 1.29 is 28.6 Å². The highest BCUT2D eigenvalue weighted by Crippen LogP contribution is 2.42. The molecule has 1 unspecified atom stereocenters. The Morgan fingerprint density at radius 2 is 1.66 bits per heavy atom. The standard InChI is InChI=1S/C28H24FNO5/c1-3-15-35-28(34)19-9-12-21(13-10-19)30-24(18-7-5-4-6-8-18)23(26(32)27(30)33)25(31)20-11-14-22(29)17(2)16-20/h4-14,16,24,31H,3,15H2,1-2H3/b25-23-. The first-order valence-corrected chi connectivity index (χ1v) is 11.2. The maximum absolute atomic E-state index is 13.8. The molecule has 178 valence electrons. The number of aliphatic hydroxyl groups excluding tert-OH is 1. The number of anilines is 1. The lowest BCUT2D eigenvalue weighted by Gasteiger charge is -2.25. The van der Waals surface area contributed by atoms with Crippen LogP contribution in [-0.4, -0.2) is 29.4 Å². The molecular formula is C28H24FNO5. The van der Waals surface area contributed by atoms with Crippen molar-refractivity contribution in [1.82, 2.24) is 0 Å². The van der Waals surface area contributed by atoms with Crippen LogP contribution in [0.4, 0.5) is 10.1 Å². The second kappa shape index (κ2) is 9.93. The van der Waals surface area contributed by atoms with E-state index in [9.17, 15) is 23.9 Å².